The fourth-order valence-electron chi connectivity index (χ4n) is 3.21. The van der Waals surface area contributed by atoms with Crippen LogP contribution in [0.4, 0.5) is 5.69 Å². The van der Waals surface area contributed by atoms with Crippen molar-refractivity contribution in [1.82, 2.24) is 10.6 Å². The second-order valence-corrected chi connectivity index (χ2v) is 6.94. The quantitative estimate of drug-likeness (QED) is 0.792. The molecule has 3 rings (SSSR count). The average Bonchev–Trinajstić information content (AvgIpc) is 2.63. The van der Waals surface area contributed by atoms with E-state index in [9.17, 15) is 9.59 Å². The van der Waals surface area contributed by atoms with Gasteiger partial charge in [-0.25, -0.2) is 0 Å². The lowest BCUT2D eigenvalue weighted by atomic mass is 9.95. The van der Waals surface area contributed by atoms with Crippen LogP contribution in [0.5, 0.6) is 0 Å². The van der Waals surface area contributed by atoms with Gasteiger partial charge < -0.3 is 16.0 Å². The number of carbonyl (C=O) groups is 2. The third-order valence-electron chi connectivity index (χ3n) is 4.79. The summed E-state index contributed by atoms with van der Waals surface area (Å²) in [6.45, 7) is 6.33. The molecule has 136 valence electrons. The van der Waals surface area contributed by atoms with Gasteiger partial charge in [-0.15, -0.1) is 0 Å². The molecule has 5 nitrogen and oxygen atoms in total. The Morgan fingerprint density at radius 1 is 1.12 bits per heavy atom. The van der Waals surface area contributed by atoms with Crippen molar-refractivity contribution in [2.45, 2.75) is 45.8 Å². The molecule has 2 aromatic rings. The van der Waals surface area contributed by atoms with Crippen molar-refractivity contribution >= 4 is 17.5 Å². The van der Waals surface area contributed by atoms with E-state index in [2.05, 4.69) is 22.0 Å². The van der Waals surface area contributed by atoms with E-state index < -0.39 is 6.04 Å². The molecule has 0 aliphatic carbocycles. The first-order valence-electron chi connectivity index (χ1n) is 8.92. The van der Waals surface area contributed by atoms with Crippen LogP contribution in [-0.2, 0) is 22.6 Å². The normalized spacial score (nSPS) is 17.1. The zero-order valence-corrected chi connectivity index (χ0v) is 15.4. The second-order valence-electron chi connectivity index (χ2n) is 6.94. The monoisotopic (exact) mass is 351 g/mol. The van der Waals surface area contributed by atoms with Gasteiger partial charge in [0.2, 0.25) is 11.8 Å². The highest BCUT2D eigenvalue weighted by Gasteiger charge is 2.26. The second kappa shape index (κ2) is 7.70. The van der Waals surface area contributed by atoms with Crippen LogP contribution in [0.15, 0.2) is 42.5 Å². The molecule has 0 saturated heterocycles. The molecular formula is C21H25N3O2. The maximum Gasteiger partial charge on any atom is 0.246 e. The molecule has 2 atom stereocenters. The standard InChI is InChI=1S/C21H25N3O2/c1-13-8-9-18(14(2)10-13)24-20(25)15(3)23-21(26)19-11-16-6-4-5-7-17(16)12-22-19/h4-10,15,19,22H,11-12H2,1-3H3,(H,23,26)(H,24,25)/t15-,19-/m0/s1. The molecule has 0 unspecified atom stereocenters. The number of carbonyl (C=O) groups excluding carboxylic acids is 2. The van der Waals surface area contributed by atoms with Crippen LogP contribution in [0.25, 0.3) is 0 Å². The third-order valence-corrected chi connectivity index (χ3v) is 4.79. The maximum absolute atomic E-state index is 12.5. The molecule has 0 spiro atoms. The van der Waals surface area contributed by atoms with E-state index in [0.717, 1.165) is 16.8 Å². The zero-order valence-electron chi connectivity index (χ0n) is 15.4. The molecule has 0 bridgehead atoms. The van der Waals surface area contributed by atoms with Crippen molar-refractivity contribution in [2.24, 2.45) is 0 Å². The summed E-state index contributed by atoms with van der Waals surface area (Å²) >= 11 is 0. The summed E-state index contributed by atoms with van der Waals surface area (Å²) in [6.07, 6.45) is 0.632. The number of fused-ring (bicyclic) bond motifs is 1. The minimum absolute atomic E-state index is 0.150. The van der Waals surface area contributed by atoms with Gasteiger partial charge in [0, 0.05) is 12.2 Å². The van der Waals surface area contributed by atoms with E-state index in [4.69, 9.17) is 0 Å². The van der Waals surface area contributed by atoms with Gasteiger partial charge in [-0.3, -0.25) is 9.59 Å². The molecule has 2 aromatic carbocycles. The van der Waals surface area contributed by atoms with Crippen molar-refractivity contribution < 1.29 is 9.59 Å². The Labute approximate surface area is 154 Å². The zero-order chi connectivity index (χ0) is 18.7. The van der Waals surface area contributed by atoms with Gasteiger partial charge in [0.25, 0.3) is 0 Å². The van der Waals surface area contributed by atoms with Crippen molar-refractivity contribution in [3.63, 3.8) is 0 Å². The number of hydrogen-bond donors (Lipinski definition) is 3. The van der Waals surface area contributed by atoms with Crippen LogP contribution in [0.2, 0.25) is 0 Å². The molecular weight excluding hydrogens is 326 g/mol. The Morgan fingerprint density at radius 2 is 1.85 bits per heavy atom. The molecule has 3 N–H and O–H groups in total. The highest BCUT2D eigenvalue weighted by molar-refractivity contribution is 5.98. The summed E-state index contributed by atoms with van der Waals surface area (Å²) < 4.78 is 0. The number of anilines is 1. The molecule has 1 aliphatic heterocycles. The minimum Gasteiger partial charge on any atom is -0.343 e. The molecule has 26 heavy (non-hydrogen) atoms. The van der Waals surface area contributed by atoms with Crippen molar-refractivity contribution in [3.8, 4) is 0 Å². The van der Waals surface area contributed by atoms with Crippen LogP contribution in [0.3, 0.4) is 0 Å². The van der Waals surface area contributed by atoms with Gasteiger partial charge in [-0.2, -0.15) is 0 Å². The van der Waals surface area contributed by atoms with Gasteiger partial charge in [0.05, 0.1) is 6.04 Å². The van der Waals surface area contributed by atoms with Crippen LogP contribution in [-0.4, -0.2) is 23.9 Å². The maximum atomic E-state index is 12.5. The van der Waals surface area contributed by atoms with E-state index in [0.29, 0.717) is 13.0 Å². The molecule has 2 amide bonds. The summed E-state index contributed by atoms with van der Waals surface area (Å²) in [5.41, 5.74) is 5.32. The van der Waals surface area contributed by atoms with Crippen LogP contribution < -0.4 is 16.0 Å². The van der Waals surface area contributed by atoms with Gasteiger partial charge in [0.1, 0.15) is 6.04 Å². The Morgan fingerprint density at radius 3 is 2.58 bits per heavy atom. The fourth-order valence-corrected chi connectivity index (χ4v) is 3.21. The minimum atomic E-state index is -0.609. The number of nitrogens with one attached hydrogen (secondary N) is 3. The molecule has 1 heterocycles. The summed E-state index contributed by atoms with van der Waals surface area (Å²) in [7, 11) is 0. The number of benzene rings is 2. The number of rotatable bonds is 4. The molecule has 5 heteroatoms. The Kier molecular flexibility index (Phi) is 5.38. The summed E-state index contributed by atoms with van der Waals surface area (Å²) in [4.78, 5) is 25.0. The van der Waals surface area contributed by atoms with Crippen molar-refractivity contribution in [3.05, 3.63) is 64.7 Å². The van der Waals surface area contributed by atoms with Crippen molar-refractivity contribution in [2.75, 3.05) is 5.32 Å². The molecule has 0 fully saturated rings. The smallest absolute Gasteiger partial charge is 0.246 e. The van der Waals surface area contributed by atoms with Crippen LogP contribution in [0, 0.1) is 13.8 Å². The number of aryl methyl sites for hydroxylation is 2. The lowest BCUT2D eigenvalue weighted by Gasteiger charge is -2.26. The summed E-state index contributed by atoms with van der Waals surface area (Å²) in [5, 5.41) is 8.95. The van der Waals surface area contributed by atoms with Gasteiger partial charge in [-0.1, -0.05) is 42.0 Å². The predicted molar refractivity (Wildman–Crippen MR) is 103 cm³/mol. The molecule has 1 aliphatic rings. The number of amides is 2. The largest absolute Gasteiger partial charge is 0.343 e. The topological polar surface area (TPSA) is 70.2 Å². The van der Waals surface area contributed by atoms with E-state index >= 15 is 0 Å². The van der Waals surface area contributed by atoms with Gasteiger partial charge in [0.15, 0.2) is 0 Å². The first-order valence-corrected chi connectivity index (χ1v) is 8.92. The van der Waals surface area contributed by atoms with Gasteiger partial charge in [-0.05, 0) is 49.9 Å². The summed E-state index contributed by atoms with van der Waals surface area (Å²) in [6, 6.07) is 13.0. The van der Waals surface area contributed by atoms with Crippen LogP contribution in [0.1, 0.15) is 29.2 Å². The fraction of sp³-hybridized carbons (Fsp3) is 0.333. The number of hydrogen-bond acceptors (Lipinski definition) is 3. The van der Waals surface area contributed by atoms with E-state index in [1.54, 1.807) is 6.92 Å². The Balaban J connectivity index is 1.58. The van der Waals surface area contributed by atoms with Crippen molar-refractivity contribution in [1.29, 1.82) is 0 Å². The Bertz CT molecular complexity index is 832. The Hall–Kier alpha value is -2.66. The molecule has 0 aromatic heterocycles. The predicted octanol–water partition coefficient (Wildman–Crippen LogP) is 2.46. The van der Waals surface area contributed by atoms with Crippen LogP contribution >= 0.6 is 0 Å². The highest BCUT2D eigenvalue weighted by atomic mass is 16.2. The summed E-state index contributed by atoms with van der Waals surface area (Å²) in [5.74, 6) is -0.371. The lowest BCUT2D eigenvalue weighted by molar-refractivity contribution is -0.127. The molecule has 0 saturated carbocycles. The SMILES string of the molecule is Cc1ccc(NC(=O)[C@H](C)NC(=O)[C@@H]2Cc3ccccc3CN2)c(C)c1. The average molecular weight is 351 g/mol. The first kappa shape index (κ1) is 18.1. The third kappa shape index (κ3) is 4.11. The lowest BCUT2D eigenvalue weighted by Crippen LogP contribution is -2.52. The van der Waals surface area contributed by atoms with E-state index in [1.807, 2.05) is 50.2 Å². The highest BCUT2D eigenvalue weighted by Crippen LogP contribution is 2.17. The van der Waals surface area contributed by atoms with E-state index in [-0.39, 0.29) is 17.9 Å². The van der Waals surface area contributed by atoms with E-state index in [1.165, 1.54) is 11.1 Å². The van der Waals surface area contributed by atoms with Gasteiger partial charge >= 0.3 is 0 Å². The molecule has 0 radical (unpaired) electrons. The first-order chi connectivity index (χ1) is 12.4.